The summed E-state index contributed by atoms with van der Waals surface area (Å²) in [6.07, 6.45) is 3.61. The molecule has 0 aromatic rings. The standard InChI is InChI=1S/C9H18NO/c1-4-6-7-9(3,5-2)8(10)11/h2,4-7H2,1,3H3,(H2,10,11). The van der Waals surface area contributed by atoms with E-state index in [9.17, 15) is 4.79 Å². The lowest BCUT2D eigenvalue weighted by Gasteiger charge is -2.23. The van der Waals surface area contributed by atoms with Crippen LogP contribution in [-0.4, -0.2) is 5.91 Å². The Hall–Kier alpha value is -0.530. The Kier molecular flexibility index (Phi) is 4.16. The van der Waals surface area contributed by atoms with Crippen LogP contribution in [-0.2, 0) is 4.79 Å². The fraction of sp³-hybridized carbons (Fsp3) is 0.778. The second kappa shape index (κ2) is 4.37. The molecule has 0 bridgehead atoms. The monoisotopic (exact) mass is 156 g/mol. The van der Waals surface area contributed by atoms with E-state index in [0.29, 0.717) is 6.42 Å². The number of carbonyl (C=O) groups excluding carboxylic acids is 1. The number of nitrogens with two attached hydrogens (primary N) is 1. The first-order chi connectivity index (χ1) is 5.06. The highest BCUT2D eigenvalue weighted by molar-refractivity contribution is 5.80. The van der Waals surface area contributed by atoms with Gasteiger partial charge in [0.05, 0.1) is 0 Å². The first-order valence-corrected chi connectivity index (χ1v) is 4.16. The predicted molar refractivity (Wildman–Crippen MR) is 46.8 cm³/mol. The number of hydrogen-bond acceptors (Lipinski definition) is 1. The molecular formula is C9H18NO. The summed E-state index contributed by atoms with van der Waals surface area (Å²) in [5.41, 5.74) is 4.86. The van der Waals surface area contributed by atoms with Crippen molar-refractivity contribution in [3.8, 4) is 0 Å². The van der Waals surface area contributed by atoms with E-state index in [1.54, 1.807) is 0 Å². The second-order valence-electron chi connectivity index (χ2n) is 3.28. The fourth-order valence-corrected chi connectivity index (χ4v) is 0.938. The number of carbonyl (C=O) groups is 1. The number of hydrogen-bond donors (Lipinski definition) is 1. The molecular weight excluding hydrogens is 138 g/mol. The van der Waals surface area contributed by atoms with E-state index in [-0.39, 0.29) is 11.3 Å². The summed E-state index contributed by atoms with van der Waals surface area (Å²) >= 11 is 0. The van der Waals surface area contributed by atoms with Gasteiger partial charge < -0.3 is 5.73 Å². The van der Waals surface area contributed by atoms with Gasteiger partial charge >= 0.3 is 0 Å². The zero-order valence-electron chi connectivity index (χ0n) is 7.52. The van der Waals surface area contributed by atoms with Crippen LogP contribution in [0.4, 0.5) is 0 Å². The molecule has 0 aromatic heterocycles. The van der Waals surface area contributed by atoms with E-state index < -0.39 is 0 Å². The van der Waals surface area contributed by atoms with Crippen molar-refractivity contribution in [3.63, 3.8) is 0 Å². The van der Waals surface area contributed by atoms with Crippen molar-refractivity contribution >= 4 is 5.91 Å². The summed E-state index contributed by atoms with van der Waals surface area (Å²) in [4.78, 5) is 10.9. The average molecular weight is 156 g/mol. The Labute approximate surface area is 69.2 Å². The molecule has 0 saturated carbocycles. The smallest absolute Gasteiger partial charge is 0.223 e. The molecule has 1 unspecified atom stereocenters. The van der Waals surface area contributed by atoms with Crippen LogP contribution in [0.5, 0.6) is 0 Å². The van der Waals surface area contributed by atoms with Crippen LogP contribution in [0.3, 0.4) is 0 Å². The topological polar surface area (TPSA) is 43.1 Å². The molecule has 2 N–H and O–H groups in total. The Morgan fingerprint density at radius 3 is 2.45 bits per heavy atom. The van der Waals surface area contributed by atoms with E-state index in [1.807, 2.05) is 6.92 Å². The molecule has 2 heteroatoms. The molecule has 0 fully saturated rings. The highest BCUT2D eigenvalue weighted by atomic mass is 16.1. The van der Waals surface area contributed by atoms with Crippen molar-refractivity contribution in [2.45, 2.75) is 39.5 Å². The zero-order valence-corrected chi connectivity index (χ0v) is 7.52. The SMILES string of the molecule is [CH2]CC(C)(CCCC)C(N)=O. The minimum atomic E-state index is -0.379. The first-order valence-electron chi connectivity index (χ1n) is 4.16. The second-order valence-corrected chi connectivity index (χ2v) is 3.28. The van der Waals surface area contributed by atoms with Crippen LogP contribution < -0.4 is 5.73 Å². The van der Waals surface area contributed by atoms with Crippen molar-refractivity contribution in [1.82, 2.24) is 0 Å². The summed E-state index contributed by atoms with van der Waals surface area (Å²) in [5, 5.41) is 0. The molecule has 0 spiro atoms. The average Bonchev–Trinajstić information content (AvgIpc) is 2.00. The summed E-state index contributed by atoms with van der Waals surface area (Å²) in [6.45, 7) is 7.72. The van der Waals surface area contributed by atoms with Crippen LogP contribution in [0, 0.1) is 12.3 Å². The number of amides is 1. The zero-order chi connectivity index (χ0) is 8.91. The highest BCUT2D eigenvalue weighted by Crippen LogP contribution is 2.26. The molecule has 0 aliphatic heterocycles. The quantitative estimate of drug-likeness (QED) is 0.649. The van der Waals surface area contributed by atoms with Crippen LogP contribution in [0.15, 0.2) is 0 Å². The third-order valence-electron chi connectivity index (χ3n) is 2.23. The van der Waals surface area contributed by atoms with Crippen molar-refractivity contribution in [2.24, 2.45) is 11.1 Å². The summed E-state index contributed by atoms with van der Waals surface area (Å²) < 4.78 is 0. The third-order valence-corrected chi connectivity index (χ3v) is 2.23. The summed E-state index contributed by atoms with van der Waals surface area (Å²) in [6, 6.07) is 0. The highest BCUT2D eigenvalue weighted by Gasteiger charge is 2.27. The molecule has 0 aromatic carbocycles. The van der Waals surface area contributed by atoms with Crippen LogP contribution in [0.25, 0.3) is 0 Å². The number of primary amides is 1. The maximum Gasteiger partial charge on any atom is 0.223 e. The third kappa shape index (κ3) is 2.91. The van der Waals surface area contributed by atoms with Crippen LogP contribution >= 0.6 is 0 Å². The summed E-state index contributed by atoms with van der Waals surface area (Å²) in [7, 11) is 0. The van der Waals surface area contributed by atoms with Crippen molar-refractivity contribution in [1.29, 1.82) is 0 Å². The van der Waals surface area contributed by atoms with Gasteiger partial charge in [0.15, 0.2) is 0 Å². The van der Waals surface area contributed by atoms with Crippen LogP contribution in [0.2, 0.25) is 0 Å². The Morgan fingerprint density at radius 1 is 1.64 bits per heavy atom. The Morgan fingerprint density at radius 2 is 2.18 bits per heavy atom. The molecule has 0 aliphatic rings. The van der Waals surface area contributed by atoms with Crippen molar-refractivity contribution < 1.29 is 4.79 Å². The van der Waals surface area contributed by atoms with Gasteiger partial charge in [0.25, 0.3) is 0 Å². The minimum Gasteiger partial charge on any atom is -0.369 e. The van der Waals surface area contributed by atoms with E-state index >= 15 is 0 Å². The fourth-order valence-electron chi connectivity index (χ4n) is 0.938. The van der Waals surface area contributed by atoms with Gasteiger partial charge in [-0.1, -0.05) is 33.6 Å². The van der Waals surface area contributed by atoms with E-state index in [1.165, 1.54) is 0 Å². The molecule has 0 rings (SSSR count). The summed E-state index contributed by atoms with van der Waals surface area (Å²) in [5.74, 6) is -0.221. The molecule has 1 radical (unpaired) electrons. The van der Waals surface area contributed by atoms with Gasteiger partial charge in [0, 0.05) is 5.41 Å². The van der Waals surface area contributed by atoms with Gasteiger partial charge in [0.1, 0.15) is 0 Å². The molecule has 65 valence electrons. The first kappa shape index (κ1) is 10.5. The number of unbranched alkanes of at least 4 members (excludes halogenated alkanes) is 1. The van der Waals surface area contributed by atoms with Crippen LogP contribution in [0.1, 0.15) is 39.5 Å². The molecule has 0 saturated heterocycles. The van der Waals surface area contributed by atoms with E-state index in [2.05, 4.69) is 13.8 Å². The maximum atomic E-state index is 10.9. The van der Waals surface area contributed by atoms with Gasteiger partial charge in [-0.3, -0.25) is 4.79 Å². The Bertz CT molecular complexity index is 134. The molecule has 0 aliphatic carbocycles. The molecule has 1 atom stereocenters. The van der Waals surface area contributed by atoms with E-state index in [4.69, 9.17) is 5.73 Å². The molecule has 11 heavy (non-hydrogen) atoms. The molecule has 1 amide bonds. The van der Waals surface area contributed by atoms with Gasteiger partial charge in [-0.15, -0.1) is 0 Å². The lowest BCUT2D eigenvalue weighted by atomic mass is 9.82. The van der Waals surface area contributed by atoms with E-state index in [0.717, 1.165) is 19.3 Å². The predicted octanol–water partition coefficient (Wildman–Crippen LogP) is 1.89. The maximum absolute atomic E-state index is 10.9. The normalized spacial score (nSPS) is 15.9. The van der Waals surface area contributed by atoms with Gasteiger partial charge in [-0.05, 0) is 12.8 Å². The van der Waals surface area contributed by atoms with Gasteiger partial charge in [-0.2, -0.15) is 0 Å². The van der Waals surface area contributed by atoms with Crippen molar-refractivity contribution in [3.05, 3.63) is 6.92 Å². The lowest BCUT2D eigenvalue weighted by Crippen LogP contribution is -2.33. The largest absolute Gasteiger partial charge is 0.369 e. The molecule has 2 nitrogen and oxygen atoms in total. The van der Waals surface area contributed by atoms with Crippen molar-refractivity contribution in [2.75, 3.05) is 0 Å². The van der Waals surface area contributed by atoms with Gasteiger partial charge in [0.2, 0.25) is 5.91 Å². The Balaban J connectivity index is 3.99. The molecule has 0 heterocycles. The minimum absolute atomic E-state index is 0.221. The lowest BCUT2D eigenvalue weighted by molar-refractivity contribution is -0.127. The van der Waals surface area contributed by atoms with Gasteiger partial charge in [-0.25, -0.2) is 0 Å². The number of rotatable bonds is 5.